The Balaban J connectivity index is 2.34. The molecule has 0 amide bonds. The van der Waals surface area contributed by atoms with Gasteiger partial charge in [0, 0.05) is 17.1 Å². The predicted octanol–water partition coefficient (Wildman–Crippen LogP) is 2.73. The molecule has 3 nitrogen and oxygen atoms in total. The van der Waals surface area contributed by atoms with E-state index in [0.717, 1.165) is 17.3 Å². The molecule has 15 heavy (non-hydrogen) atoms. The van der Waals surface area contributed by atoms with Gasteiger partial charge in [0.05, 0.1) is 12.2 Å². The largest absolute Gasteiger partial charge is 0.462 e. The van der Waals surface area contributed by atoms with E-state index in [1.165, 1.54) is 0 Å². The molecule has 1 N–H and O–H groups in total. The van der Waals surface area contributed by atoms with Crippen molar-refractivity contribution in [1.82, 2.24) is 4.98 Å². The normalized spacial score (nSPS) is 10.5. The third kappa shape index (κ3) is 1.86. The number of fused-ring (bicyclic) bond motifs is 1. The van der Waals surface area contributed by atoms with Gasteiger partial charge in [-0.1, -0.05) is 13.0 Å². The fourth-order valence-corrected chi connectivity index (χ4v) is 1.54. The van der Waals surface area contributed by atoms with Crippen molar-refractivity contribution in [3.8, 4) is 0 Å². The maximum absolute atomic E-state index is 11.7. The van der Waals surface area contributed by atoms with Crippen LogP contribution in [0.4, 0.5) is 0 Å². The van der Waals surface area contributed by atoms with E-state index in [2.05, 4.69) is 4.98 Å². The van der Waals surface area contributed by atoms with Gasteiger partial charge in [0.15, 0.2) is 0 Å². The van der Waals surface area contributed by atoms with E-state index in [1.54, 1.807) is 6.07 Å². The molecule has 0 radical (unpaired) electrons. The molecule has 1 aromatic heterocycles. The van der Waals surface area contributed by atoms with Crippen molar-refractivity contribution < 1.29 is 9.53 Å². The standard InChI is InChI=1S/C12H13NO2/c1-2-8-15-12(14)10-4-3-5-11-9(10)6-7-13-11/h3-7,13H,2,8H2,1H3. The number of aromatic nitrogens is 1. The zero-order chi connectivity index (χ0) is 10.7. The maximum atomic E-state index is 11.7. The smallest absolute Gasteiger partial charge is 0.338 e. The van der Waals surface area contributed by atoms with Gasteiger partial charge in [-0.3, -0.25) is 0 Å². The highest BCUT2D eigenvalue weighted by Crippen LogP contribution is 2.18. The lowest BCUT2D eigenvalue weighted by atomic mass is 10.1. The number of nitrogens with one attached hydrogen (secondary N) is 1. The summed E-state index contributed by atoms with van der Waals surface area (Å²) < 4.78 is 5.10. The summed E-state index contributed by atoms with van der Waals surface area (Å²) in [5.74, 6) is -0.248. The number of H-pyrrole nitrogens is 1. The van der Waals surface area contributed by atoms with E-state index in [-0.39, 0.29) is 5.97 Å². The summed E-state index contributed by atoms with van der Waals surface area (Å²) in [6.07, 6.45) is 2.66. The van der Waals surface area contributed by atoms with Gasteiger partial charge in [-0.2, -0.15) is 0 Å². The molecule has 0 bridgehead atoms. The topological polar surface area (TPSA) is 42.1 Å². The fourth-order valence-electron chi connectivity index (χ4n) is 1.54. The van der Waals surface area contributed by atoms with Crippen LogP contribution in [0.2, 0.25) is 0 Å². The summed E-state index contributed by atoms with van der Waals surface area (Å²) in [5.41, 5.74) is 1.59. The average molecular weight is 203 g/mol. The highest BCUT2D eigenvalue weighted by atomic mass is 16.5. The van der Waals surface area contributed by atoms with Gasteiger partial charge in [0.1, 0.15) is 0 Å². The van der Waals surface area contributed by atoms with Crippen molar-refractivity contribution in [2.75, 3.05) is 6.61 Å². The van der Waals surface area contributed by atoms with Crippen molar-refractivity contribution in [2.45, 2.75) is 13.3 Å². The van der Waals surface area contributed by atoms with Crippen LogP contribution in [0.5, 0.6) is 0 Å². The van der Waals surface area contributed by atoms with E-state index in [4.69, 9.17) is 4.74 Å². The number of aromatic amines is 1. The summed E-state index contributed by atoms with van der Waals surface area (Å²) in [4.78, 5) is 14.7. The second-order valence-corrected chi connectivity index (χ2v) is 3.38. The molecule has 1 aromatic carbocycles. The van der Waals surface area contributed by atoms with Crippen LogP contribution in [0.25, 0.3) is 10.9 Å². The van der Waals surface area contributed by atoms with Crippen molar-refractivity contribution in [1.29, 1.82) is 0 Å². The Hall–Kier alpha value is -1.77. The number of hydrogen-bond acceptors (Lipinski definition) is 2. The minimum absolute atomic E-state index is 0.248. The van der Waals surface area contributed by atoms with Crippen LogP contribution in [0.15, 0.2) is 30.5 Å². The van der Waals surface area contributed by atoms with Crippen molar-refractivity contribution in [2.24, 2.45) is 0 Å². The first-order valence-electron chi connectivity index (χ1n) is 5.06. The number of ether oxygens (including phenoxy) is 1. The molecule has 0 fully saturated rings. The van der Waals surface area contributed by atoms with Gasteiger partial charge in [-0.15, -0.1) is 0 Å². The molecule has 2 aromatic rings. The Labute approximate surface area is 88.1 Å². The zero-order valence-electron chi connectivity index (χ0n) is 8.62. The minimum atomic E-state index is -0.248. The molecule has 0 aliphatic rings. The monoisotopic (exact) mass is 203 g/mol. The molecule has 0 aliphatic heterocycles. The van der Waals surface area contributed by atoms with Crippen LogP contribution >= 0.6 is 0 Å². The van der Waals surface area contributed by atoms with Crippen LogP contribution in [-0.2, 0) is 4.74 Å². The van der Waals surface area contributed by atoms with Gasteiger partial charge in [0.25, 0.3) is 0 Å². The van der Waals surface area contributed by atoms with Crippen LogP contribution in [0.1, 0.15) is 23.7 Å². The molecule has 0 aliphatic carbocycles. The molecular formula is C12H13NO2. The summed E-state index contributed by atoms with van der Waals surface area (Å²) in [6.45, 7) is 2.45. The Kier molecular flexibility index (Phi) is 2.72. The first kappa shape index (κ1) is 9.77. The number of rotatable bonds is 3. The lowest BCUT2D eigenvalue weighted by molar-refractivity contribution is 0.0507. The lowest BCUT2D eigenvalue weighted by Gasteiger charge is -2.03. The van der Waals surface area contributed by atoms with E-state index >= 15 is 0 Å². The van der Waals surface area contributed by atoms with Crippen LogP contribution in [-0.4, -0.2) is 17.6 Å². The van der Waals surface area contributed by atoms with E-state index in [1.807, 2.05) is 31.3 Å². The van der Waals surface area contributed by atoms with Gasteiger partial charge in [-0.05, 0) is 24.6 Å². The van der Waals surface area contributed by atoms with Gasteiger partial charge in [0.2, 0.25) is 0 Å². The Morgan fingerprint density at radius 1 is 1.40 bits per heavy atom. The number of esters is 1. The quantitative estimate of drug-likeness (QED) is 0.779. The second-order valence-electron chi connectivity index (χ2n) is 3.38. The van der Waals surface area contributed by atoms with Crippen molar-refractivity contribution in [3.63, 3.8) is 0 Å². The van der Waals surface area contributed by atoms with Crippen LogP contribution in [0, 0.1) is 0 Å². The summed E-state index contributed by atoms with van der Waals surface area (Å²) >= 11 is 0. The van der Waals surface area contributed by atoms with E-state index < -0.39 is 0 Å². The Bertz CT molecular complexity index is 473. The zero-order valence-corrected chi connectivity index (χ0v) is 8.62. The lowest BCUT2D eigenvalue weighted by Crippen LogP contribution is -2.05. The first-order chi connectivity index (χ1) is 7.33. The molecule has 0 saturated carbocycles. The second kappa shape index (κ2) is 4.17. The molecule has 78 valence electrons. The summed E-state index contributed by atoms with van der Waals surface area (Å²) in [7, 11) is 0. The third-order valence-electron chi connectivity index (χ3n) is 2.25. The molecule has 1 heterocycles. The third-order valence-corrected chi connectivity index (χ3v) is 2.25. The van der Waals surface area contributed by atoms with E-state index in [0.29, 0.717) is 12.2 Å². The van der Waals surface area contributed by atoms with Crippen molar-refractivity contribution in [3.05, 3.63) is 36.0 Å². The highest BCUT2D eigenvalue weighted by molar-refractivity contribution is 6.03. The van der Waals surface area contributed by atoms with Gasteiger partial charge >= 0.3 is 5.97 Å². The Morgan fingerprint density at radius 3 is 3.07 bits per heavy atom. The Morgan fingerprint density at radius 2 is 2.27 bits per heavy atom. The maximum Gasteiger partial charge on any atom is 0.338 e. The minimum Gasteiger partial charge on any atom is -0.462 e. The molecule has 0 unspecified atom stereocenters. The number of benzene rings is 1. The summed E-state index contributed by atoms with van der Waals surface area (Å²) in [6, 6.07) is 7.46. The average Bonchev–Trinajstić information content (AvgIpc) is 2.73. The molecule has 0 saturated heterocycles. The molecule has 2 rings (SSSR count). The highest BCUT2D eigenvalue weighted by Gasteiger charge is 2.10. The van der Waals surface area contributed by atoms with Gasteiger partial charge < -0.3 is 9.72 Å². The summed E-state index contributed by atoms with van der Waals surface area (Å²) in [5, 5.41) is 0.915. The predicted molar refractivity (Wildman–Crippen MR) is 58.9 cm³/mol. The number of carbonyl (C=O) groups is 1. The molecule has 0 atom stereocenters. The molecule has 3 heteroatoms. The SMILES string of the molecule is CCCOC(=O)c1cccc2[nH]ccc12. The van der Waals surface area contributed by atoms with E-state index in [9.17, 15) is 4.79 Å². The van der Waals surface area contributed by atoms with Crippen LogP contribution < -0.4 is 0 Å². The van der Waals surface area contributed by atoms with Crippen LogP contribution in [0.3, 0.4) is 0 Å². The molecular weight excluding hydrogens is 190 g/mol. The molecule has 0 spiro atoms. The number of hydrogen-bond donors (Lipinski definition) is 1. The fraction of sp³-hybridized carbons (Fsp3) is 0.250. The number of carbonyl (C=O) groups excluding carboxylic acids is 1. The van der Waals surface area contributed by atoms with Gasteiger partial charge in [-0.25, -0.2) is 4.79 Å². The van der Waals surface area contributed by atoms with Crippen molar-refractivity contribution >= 4 is 16.9 Å². The first-order valence-corrected chi connectivity index (χ1v) is 5.06.